The van der Waals surface area contributed by atoms with Gasteiger partial charge in [-0.2, -0.15) is 0 Å². The van der Waals surface area contributed by atoms with Gasteiger partial charge in [0.15, 0.2) is 0 Å². The number of aromatic nitrogens is 3. The Kier molecular flexibility index (Phi) is 5.16. The number of hydrogen-bond acceptors (Lipinski definition) is 4. The van der Waals surface area contributed by atoms with Crippen molar-refractivity contribution < 1.29 is 0 Å². The van der Waals surface area contributed by atoms with Gasteiger partial charge in [0.05, 0.1) is 17.9 Å². The molecule has 0 aromatic carbocycles. The molecular weight excluding hydrogens is 250 g/mol. The lowest BCUT2D eigenvalue weighted by Crippen LogP contribution is -2.52. The Labute approximate surface area is 122 Å². The van der Waals surface area contributed by atoms with Gasteiger partial charge < -0.3 is 5.32 Å². The average Bonchev–Trinajstić information content (AvgIpc) is 3.07. The van der Waals surface area contributed by atoms with E-state index in [1.165, 1.54) is 31.6 Å². The Morgan fingerprint density at radius 2 is 2.00 bits per heavy atom. The molecule has 20 heavy (non-hydrogen) atoms. The minimum absolute atomic E-state index is 0.0831. The van der Waals surface area contributed by atoms with E-state index in [4.69, 9.17) is 0 Å². The van der Waals surface area contributed by atoms with Gasteiger partial charge >= 0.3 is 0 Å². The molecule has 0 aliphatic carbocycles. The second-order valence-corrected chi connectivity index (χ2v) is 6.22. The summed E-state index contributed by atoms with van der Waals surface area (Å²) in [4.78, 5) is 2.60. The quantitative estimate of drug-likeness (QED) is 0.831. The Morgan fingerprint density at radius 3 is 2.60 bits per heavy atom. The fraction of sp³-hybridized carbons (Fsp3) is 0.867. The zero-order chi connectivity index (χ0) is 14.6. The molecule has 0 bridgehead atoms. The SMILES string of the molecule is CCCn1nncc1C(NCC)C(C)(C)N1CCCC1. The molecule has 2 rings (SSSR count). The predicted molar refractivity (Wildman–Crippen MR) is 81.6 cm³/mol. The van der Waals surface area contributed by atoms with E-state index in [0.717, 1.165) is 19.5 Å². The predicted octanol–water partition coefficient (Wildman–Crippen LogP) is 2.21. The first kappa shape index (κ1) is 15.4. The Bertz CT molecular complexity index is 406. The number of hydrogen-bond donors (Lipinski definition) is 1. The number of rotatable bonds is 7. The van der Waals surface area contributed by atoms with Crippen LogP contribution in [0.4, 0.5) is 0 Å². The fourth-order valence-electron chi connectivity index (χ4n) is 3.27. The van der Waals surface area contributed by atoms with Crippen LogP contribution in [0.25, 0.3) is 0 Å². The van der Waals surface area contributed by atoms with Gasteiger partial charge in [-0.15, -0.1) is 5.10 Å². The van der Waals surface area contributed by atoms with Crippen LogP contribution < -0.4 is 5.32 Å². The lowest BCUT2D eigenvalue weighted by atomic mass is 9.90. The molecule has 1 aliphatic rings. The number of likely N-dealkylation sites (N-methyl/N-ethyl adjacent to an activating group) is 1. The highest BCUT2D eigenvalue weighted by Crippen LogP contribution is 2.33. The zero-order valence-corrected chi connectivity index (χ0v) is 13.4. The number of nitrogens with one attached hydrogen (secondary N) is 1. The Morgan fingerprint density at radius 1 is 1.30 bits per heavy atom. The monoisotopic (exact) mass is 279 g/mol. The minimum atomic E-state index is 0.0831. The van der Waals surface area contributed by atoms with Crippen LogP contribution in [-0.4, -0.2) is 45.1 Å². The van der Waals surface area contributed by atoms with Gasteiger partial charge in [-0.3, -0.25) is 4.90 Å². The van der Waals surface area contributed by atoms with Crippen molar-refractivity contribution in [1.82, 2.24) is 25.2 Å². The van der Waals surface area contributed by atoms with Crippen molar-refractivity contribution in [2.24, 2.45) is 0 Å². The van der Waals surface area contributed by atoms with E-state index >= 15 is 0 Å². The second-order valence-electron chi connectivity index (χ2n) is 6.22. The first-order valence-electron chi connectivity index (χ1n) is 7.98. The normalized spacial score (nSPS) is 18.6. The van der Waals surface area contributed by atoms with E-state index in [-0.39, 0.29) is 11.6 Å². The summed E-state index contributed by atoms with van der Waals surface area (Å²) in [6.07, 6.45) is 5.64. The van der Waals surface area contributed by atoms with Crippen molar-refractivity contribution in [3.63, 3.8) is 0 Å². The van der Waals surface area contributed by atoms with Crippen LogP contribution in [-0.2, 0) is 6.54 Å². The van der Waals surface area contributed by atoms with E-state index < -0.39 is 0 Å². The number of aryl methyl sites for hydroxylation is 1. The highest BCUT2D eigenvalue weighted by molar-refractivity contribution is 5.11. The Hall–Kier alpha value is -0.940. The molecule has 1 saturated heterocycles. The maximum absolute atomic E-state index is 4.26. The summed E-state index contributed by atoms with van der Waals surface area (Å²) in [5.74, 6) is 0. The first-order chi connectivity index (χ1) is 9.61. The van der Waals surface area contributed by atoms with Gasteiger partial charge in [0.25, 0.3) is 0 Å². The molecule has 1 N–H and O–H groups in total. The molecule has 1 unspecified atom stereocenters. The van der Waals surface area contributed by atoms with Crippen LogP contribution in [0.5, 0.6) is 0 Å². The summed E-state index contributed by atoms with van der Waals surface area (Å²) in [7, 11) is 0. The van der Waals surface area contributed by atoms with Crippen LogP contribution in [0.3, 0.4) is 0 Å². The minimum Gasteiger partial charge on any atom is -0.307 e. The molecular formula is C15H29N5. The third-order valence-corrected chi connectivity index (χ3v) is 4.41. The lowest BCUT2D eigenvalue weighted by Gasteiger charge is -2.42. The smallest absolute Gasteiger partial charge is 0.0775 e. The van der Waals surface area contributed by atoms with Crippen LogP contribution in [0.1, 0.15) is 58.7 Å². The van der Waals surface area contributed by atoms with E-state index in [2.05, 4.69) is 52.9 Å². The first-order valence-corrected chi connectivity index (χ1v) is 7.98. The van der Waals surface area contributed by atoms with Gasteiger partial charge in [-0.1, -0.05) is 19.1 Å². The molecule has 114 valence electrons. The standard InChI is InChI=1S/C15H29N5/c1-5-9-20-13(12-17-18-20)14(16-6-2)15(3,4)19-10-7-8-11-19/h12,14,16H,5-11H2,1-4H3. The third-order valence-electron chi connectivity index (χ3n) is 4.41. The zero-order valence-electron chi connectivity index (χ0n) is 13.4. The topological polar surface area (TPSA) is 46.0 Å². The molecule has 1 atom stereocenters. The summed E-state index contributed by atoms with van der Waals surface area (Å²) < 4.78 is 2.06. The molecule has 1 aromatic heterocycles. The highest BCUT2D eigenvalue weighted by Gasteiger charge is 2.38. The summed E-state index contributed by atoms with van der Waals surface area (Å²) in [5.41, 5.74) is 1.30. The van der Waals surface area contributed by atoms with Crippen molar-refractivity contribution in [1.29, 1.82) is 0 Å². The Balaban J connectivity index is 2.26. The van der Waals surface area contributed by atoms with Crippen molar-refractivity contribution in [3.05, 3.63) is 11.9 Å². The third kappa shape index (κ3) is 3.04. The van der Waals surface area contributed by atoms with Gasteiger partial charge in [0, 0.05) is 12.1 Å². The summed E-state index contributed by atoms with van der Waals surface area (Å²) >= 11 is 0. The van der Waals surface area contributed by atoms with Crippen molar-refractivity contribution in [2.75, 3.05) is 19.6 Å². The molecule has 2 heterocycles. The molecule has 1 fully saturated rings. The van der Waals surface area contributed by atoms with E-state index in [9.17, 15) is 0 Å². The molecule has 5 heteroatoms. The maximum Gasteiger partial charge on any atom is 0.0775 e. The van der Waals surface area contributed by atoms with Gasteiger partial charge in [0.2, 0.25) is 0 Å². The van der Waals surface area contributed by atoms with Crippen molar-refractivity contribution in [3.8, 4) is 0 Å². The largest absolute Gasteiger partial charge is 0.307 e. The van der Waals surface area contributed by atoms with Gasteiger partial charge in [0.1, 0.15) is 0 Å². The van der Waals surface area contributed by atoms with Crippen LogP contribution in [0.2, 0.25) is 0 Å². The summed E-state index contributed by atoms with van der Waals surface area (Å²) in [6.45, 7) is 13.3. The molecule has 1 aromatic rings. The summed E-state index contributed by atoms with van der Waals surface area (Å²) in [6, 6.07) is 0.271. The summed E-state index contributed by atoms with van der Waals surface area (Å²) in [5, 5.41) is 12.1. The van der Waals surface area contributed by atoms with Gasteiger partial charge in [-0.25, -0.2) is 4.68 Å². The molecule has 1 aliphatic heterocycles. The maximum atomic E-state index is 4.26. The second kappa shape index (κ2) is 6.68. The van der Waals surface area contributed by atoms with Gasteiger partial charge in [-0.05, 0) is 52.7 Å². The van der Waals surface area contributed by atoms with Crippen molar-refractivity contribution >= 4 is 0 Å². The number of likely N-dealkylation sites (tertiary alicyclic amines) is 1. The average molecular weight is 279 g/mol. The van der Waals surface area contributed by atoms with Crippen LogP contribution in [0.15, 0.2) is 6.20 Å². The van der Waals surface area contributed by atoms with Crippen molar-refractivity contribution in [2.45, 2.75) is 65.1 Å². The van der Waals surface area contributed by atoms with Crippen LogP contribution >= 0.6 is 0 Å². The number of nitrogens with zero attached hydrogens (tertiary/aromatic N) is 4. The van der Waals surface area contributed by atoms with E-state index in [1.54, 1.807) is 0 Å². The molecule has 0 saturated carbocycles. The molecule has 0 amide bonds. The van der Waals surface area contributed by atoms with Crippen LogP contribution in [0, 0.1) is 0 Å². The molecule has 0 spiro atoms. The fourth-order valence-corrected chi connectivity index (χ4v) is 3.27. The molecule has 5 nitrogen and oxygen atoms in total. The lowest BCUT2D eigenvalue weighted by molar-refractivity contribution is 0.103. The van der Waals surface area contributed by atoms with E-state index in [1.807, 2.05) is 6.20 Å². The molecule has 0 radical (unpaired) electrons. The van der Waals surface area contributed by atoms with E-state index in [0.29, 0.717) is 0 Å². The highest BCUT2D eigenvalue weighted by atomic mass is 15.4.